The average molecular weight is 514 g/mol. The van der Waals surface area contributed by atoms with E-state index in [1.165, 1.54) is 29.4 Å². The fraction of sp³-hybridized carbons (Fsp3) is 0.240. The van der Waals surface area contributed by atoms with E-state index in [9.17, 15) is 32.7 Å². The minimum absolute atomic E-state index is 0.0863. The van der Waals surface area contributed by atoms with E-state index in [0.717, 1.165) is 12.1 Å². The number of aromatic nitrogens is 2. The van der Waals surface area contributed by atoms with Gasteiger partial charge < -0.3 is 20.1 Å². The summed E-state index contributed by atoms with van der Waals surface area (Å²) in [6, 6.07) is 8.57. The van der Waals surface area contributed by atoms with Crippen molar-refractivity contribution in [3.8, 4) is 17.0 Å². The molecule has 0 saturated heterocycles. The second kappa shape index (κ2) is 9.88. The van der Waals surface area contributed by atoms with Gasteiger partial charge in [0.25, 0.3) is 11.8 Å². The molecule has 0 fully saturated rings. The van der Waals surface area contributed by atoms with Crippen LogP contribution in [0, 0.1) is 5.92 Å². The summed E-state index contributed by atoms with van der Waals surface area (Å²) in [7, 11) is 0. The molecule has 192 valence electrons. The fourth-order valence-corrected chi connectivity index (χ4v) is 4.02. The van der Waals surface area contributed by atoms with Crippen LogP contribution in [0.15, 0.2) is 54.9 Å². The summed E-state index contributed by atoms with van der Waals surface area (Å²) in [5, 5.41) is 12.1. The number of amides is 2. The van der Waals surface area contributed by atoms with Crippen molar-refractivity contribution in [2.75, 3.05) is 5.32 Å². The highest BCUT2D eigenvalue weighted by atomic mass is 19.4. The Bertz CT molecular complexity index is 1340. The van der Waals surface area contributed by atoms with E-state index in [0.29, 0.717) is 22.4 Å². The molecule has 37 heavy (non-hydrogen) atoms. The van der Waals surface area contributed by atoms with Crippen LogP contribution in [0.5, 0.6) is 5.75 Å². The normalized spacial score (nSPS) is 13.9. The molecule has 12 heteroatoms. The lowest BCUT2D eigenvalue weighted by Gasteiger charge is -2.27. The fourth-order valence-electron chi connectivity index (χ4n) is 4.02. The molecule has 1 aliphatic rings. The maximum atomic E-state index is 12.9. The van der Waals surface area contributed by atoms with Gasteiger partial charge in [0.1, 0.15) is 11.8 Å². The average Bonchev–Trinajstić information content (AvgIpc) is 3.14. The largest absolute Gasteiger partial charge is 0.573 e. The number of carbonyl (C=O) groups is 3. The Labute approximate surface area is 208 Å². The molecular weight excluding hydrogens is 493 g/mol. The second-order valence-electron chi connectivity index (χ2n) is 8.65. The van der Waals surface area contributed by atoms with Crippen molar-refractivity contribution in [3.63, 3.8) is 0 Å². The number of rotatable bonds is 7. The van der Waals surface area contributed by atoms with Crippen LogP contribution in [0.2, 0.25) is 0 Å². The number of benzene rings is 2. The van der Waals surface area contributed by atoms with E-state index in [1.54, 1.807) is 32.0 Å². The molecule has 2 amide bonds. The van der Waals surface area contributed by atoms with E-state index >= 15 is 0 Å². The number of ether oxygens (including phenoxy) is 1. The van der Waals surface area contributed by atoms with E-state index in [4.69, 9.17) is 0 Å². The Morgan fingerprint density at radius 3 is 2.35 bits per heavy atom. The number of nitrogens with one attached hydrogen (secondary N) is 1. The number of aliphatic carboxylic acids is 1. The highest BCUT2D eigenvalue weighted by Gasteiger charge is 2.38. The van der Waals surface area contributed by atoms with E-state index in [1.807, 2.05) is 0 Å². The van der Waals surface area contributed by atoms with Crippen LogP contribution >= 0.6 is 0 Å². The number of carboxylic acid groups (broad SMARTS) is 1. The lowest BCUT2D eigenvalue weighted by Crippen LogP contribution is -2.44. The number of fused-ring (bicyclic) bond motifs is 1. The van der Waals surface area contributed by atoms with Crippen LogP contribution in [0.4, 0.5) is 19.0 Å². The van der Waals surface area contributed by atoms with Gasteiger partial charge in [0.2, 0.25) is 0 Å². The summed E-state index contributed by atoms with van der Waals surface area (Å²) in [6.45, 7) is 3.69. The van der Waals surface area contributed by atoms with Gasteiger partial charge >= 0.3 is 12.3 Å². The van der Waals surface area contributed by atoms with Gasteiger partial charge in [-0.3, -0.25) is 14.6 Å². The Balaban J connectivity index is 1.45. The molecule has 2 N–H and O–H groups in total. The van der Waals surface area contributed by atoms with Crippen molar-refractivity contribution in [2.24, 2.45) is 5.92 Å². The topological polar surface area (TPSA) is 122 Å². The monoisotopic (exact) mass is 514 g/mol. The lowest BCUT2D eigenvalue weighted by molar-refractivity contribution is -0.274. The SMILES string of the molecule is CC(C)C(C(=O)O)N1Cc2ccc(-c3cnc(NC(=O)c4ccc(OC(F)(F)F)cc4)cn3)cc2C1=O. The molecule has 1 atom stereocenters. The number of carboxylic acids is 1. The van der Waals surface area contributed by atoms with E-state index in [2.05, 4.69) is 20.0 Å². The smallest absolute Gasteiger partial charge is 0.480 e. The number of alkyl halides is 3. The predicted octanol–water partition coefficient (Wildman–Crippen LogP) is 4.36. The molecule has 3 aromatic rings. The van der Waals surface area contributed by atoms with Crippen molar-refractivity contribution in [1.29, 1.82) is 0 Å². The van der Waals surface area contributed by atoms with Crippen LogP contribution in [0.3, 0.4) is 0 Å². The summed E-state index contributed by atoms with van der Waals surface area (Å²) < 4.78 is 40.6. The van der Waals surface area contributed by atoms with Crippen LogP contribution in [0.1, 0.15) is 40.1 Å². The van der Waals surface area contributed by atoms with Gasteiger partial charge in [-0.1, -0.05) is 26.0 Å². The summed E-state index contributed by atoms with van der Waals surface area (Å²) in [6.07, 6.45) is -2.14. The van der Waals surface area contributed by atoms with E-state index < -0.39 is 30.0 Å². The minimum atomic E-state index is -4.83. The van der Waals surface area contributed by atoms with Crippen molar-refractivity contribution in [3.05, 3.63) is 71.5 Å². The first-order chi connectivity index (χ1) is 17.4. The highest BCUT2D eigenvalue weighted by Crippen LogP contribution is 2.31. The standard InChI is InChI=1S/C25H21F3N4O5/c1-13(2)21(24(35)36)32-12-16-4-3-15(9-18(16)23(32)34)19-10-30-20(11-29-19)31-22(33)14-5-7-17(8-6-14)37-25(26,27)28/h3-11,13,21H,12H2,1-2H3,(H,35,36)(H,30,31,33). The van der Waals surface area contributed by atoms with Gasteiger partial charge in [-0.15, -0.1) is 13.2 Å². The third kappa shape index (κ3) is 5.68. The number of carbonyl (C=O) groups excluding carboxylic acids is 2. The molecular formula is C25H21F3N4O5. The van der Waals surface area contributed by atoms with Crippen LogP contribution < -0.4 is 10.1 Å². The summed E-state index contributed by atoms with van der Waals surface area (Å²) >= 11 is 0. The maximum Gasteiger partial charge on any atom is 0.573 e. The summed E-state index contributed by atoms with van der Waals surface area (Å²) in [5.74, 6) is -2.66. The van der Waals surface area contributed by atoms with Gasteiger partial charge in [-0.05, 0) is 41.8 Å². The Hall–Kier alpha value is -4.48. The third-order valence-electron chi connectivity index (χ3n) is 5.70. The van der Waals surface area contributed by atoms with E-state index in [-0.39, 0.29) is 29.8 Å². The Morgan fingerprint density at radius 1 is 1.08 bits per heavy atom. The summed E-state index contributed by atoms with van der Waals surface area (Å²) in [4.78, 5) is 46.8. The van der Waals surface area contributed by atoms with Gasteiger partial charge in [0.05, 0.1) is 18.1 Å². The molecule has 2 aromatic carbocycles. The number of hydrogen-bond acceptors (Lipinski definition) is 6. The third-order valence-corrected chi connectivity index (χ3v) is 5.70. The molecule has 0 saturated carbocycles. The number of hydrogen-bond donors (Lipinski definition) is 2. The molecule has 0 aliphatic carbocycles. The molecule has 0 radical (unpaired) electrons. The molecule has 1 aliphatic heterocycles. The van der Waals surface area contributed by atoms with Crippen LogP contribution in [-0.2, 0) is 11.3 Å². The zero-order valence-electron chi connectivity index (χ0n) is 19.6. The molecule has 1 aromatic heterocycles. The first-order valence-electron chi connectivity index (χ1n) is 11.1. The molecule has 9 nitrogen and oxygen atoms in total. The quantitative estimate of drug-likeness (QED) is 0.481. The van der Waals surface area contributed by atoms with Gasteiger partial charge in [0, 0.05) is 23.2 Å². The first kappa shape index (κ1) is 25.6. The summed E-state index contributed by atoms with van der Waals surface area (Å²) in [5.41, 5.74) is 2.18. The van der Waals surface area contributed by atoms with Crippen molar-refractivity contribution >= 4 is 23.6 Å². The van der Waals surface area contributed by atoms with Crippen molar-refractivity contribution in [2.45, 2.75) is 32.8 Å². The highest BCUT2D eigenvalue weighted by molar-refractivity contribution is 6.04. The first-order valence-corrected chi connectivity index (χ1v) is 11.1. The molecule has 0 spiro atoms. The second-order valence-corrected chi connectivity index (χ2v) is 8.65. The zero-order chi connectivity index (χ0) is 26.9. The zero-order valence-corrected chi connectivity index (χ0v) is 19.6. The van der Waals surface area contributed by atoms with Crippen LogP contribution in [-0.4, -0.2) is 50.2 Å². The molecule has 1 unspecified atom stereocenters. The number of nitrogens with zero attached hydrogens (tertiary/aromatic N) is 3. The molecule has 4 rings (SSSR count). The van der Waals surface area contributed by atoms with Crippen molar-refractivity contribution in [1.82, 2.24) is 14.9 Å². The van der Waals surface area contributed by atoms with Gasteiger partial charge in [-0.25, -0.2) is 9.78 Å². The Morgan fingerprint density at radius 2 is 1.78 bits per heavy atom. The van der Waals surface area contributed by atoms with Crippen LogP contribution in [0.25, 0.3) is 11.3 Å². The number of halogens is 3. The number of anilines is 1. The maximum absolute atomic E-state index is 12.9. The molecule has 0 bridgehead atoms. The lowest BCUT2D eigenvalue weighted by atomic mass is 10.0. The Kier molecular flexibility index (Phi) is 6.84. The molecule has 2 heterocycles. The van der Waals surface area contributed by atoms with Crippen molar-refractivity contribution < 1.29 is 37.4 Å². The van der Waals surface area contributed by atoms with Gasteiger partial charge in [-0.2, -0.15) is 0 Å². The predicted molar refractivity (Wildman–Crippen MR) is 125 cm³/mol. The minimum Gasteiger partial charge on any atom is -0.480 e. The van der Waals surface area contributed by atoms with Gasteiger partial charge in [0.15, 0.2) is 5.82 Å².